The van der Waals surface area contributed by atoms with Crippen LogP contribution in [0, 0.1) is 6.92 Å². The highest BCUT2D eigenvalue weighted by molar-refractivity contribution is 5.93. The zero-order valence-corrected chi connectivity index (χ0v) is 16.1. The number of nitrogens with one attached hydrogen (secondary N) is 1. The molecule has 142 valence electrons. The molecule has 3 fully saturated rings. The second-order valence-electron chi connectivity index (χ2n) is 8.35. The van der Waals surface area contributed by atoms with Crippen molar-refractivity contribution in [3.63, 3.8) is 0 Å². The van der Waals surface area contributed by atoms with Crippen LogP contribution in [-0.2, 0) is 0 Å². The Morgan fingerprint density at radius 2 is 1.96 bits per heavy atom. The standard InChI is InChI=1S/C20H31N5O/c1-15-14-16(23-19(22-15)24-11-4-3-5-12-24)18(26)25-13-7-9-20(2)17(25)8-6-10-21-20/h14,17,21H,3-13H2,1-2H3/t17-,20+/m1/s1. The topological polar surface area (TPSA) is 61.4 Å². The highest BCUT2D eigenvalue weighted by Gasteiger charge is 2.44. The Hall–Kier alpha value is -1.69. The van der Waals surface area contributed by atoms with Crippen LogP contribution in [0.25, 0.3) is 0 Å². The minimum absolute atomic E-state index is 0.0456. The van der Waals surface area contributed by atoms with Crippen LogP contribution in [0.3, 0.4) is 0 Å². The first-order chi connectivity index (χ1) is 12.6. The van der Waals surface area contributed by atoms with Gasteiger partial charge in [-0.25, -0.2) is 9.97 Å². The normalized spacial score (nSPS) is 29.4. The molecular formula is C20H31N5O. The zero-order valence-electron chi connectivity index (χ0n) is 16.1. The van der Waals surface area contributed by atoms with Crippen molar-refractivity contribution in [3.8, 4) is 0 Å². The summed E-state index contributed by atoms with van der Waals surface area (Å²) in [4.78, 5) is 27.0. The number of rotatable bonds is 2. The van der Waals surface area contributed by atoms with Gasteiger partial charge in [-0.15, -0.1) is 0 Å². The van der Waals surface area contributed by atoms with Crippen molar-refractivity contribution >= 4 is 11.9 Å². The number of carbonyl (C=O) groups is 1. The van der Waals surface area contributed by atoms with Crippen LogP contribution in [0.4, 0.5) is 5.95 Å². The van der Waals surface area contributed by atoms with Gasteiger partial charge in [0.2, 0.25) is 5.95 Å². The molecule has 0 unspecified atom stereocenters. The van der Waals surface area contributed by atoms with Gasteiger partial charge in [-0.05, 0) is 71.4 Å². The monoisotopic (exact) mass is 357 g/mol. The summed E-state index contributed by atoms with van der Waals surface area (Å²) < 4.78 is 0. The summed E-state index contributed by atoms with van der Waals surface area (Å²) in [5, 5.41) is 3.67. The summed E-state index contributed by atoms with van der Waals surface area (Å²) >= 11 is 0. The molecule has 6 nitrogen and oxygen atoms in total. The lowest BCUT2D eigenvalue weighted by atomic mass is 9.77. The van der Waals surface area contributed by atoms with Crippen molar-refractivity contribution in [1.29, 1.82) is 0 Å². The molecule has 0 bridgehead atoms. The molecule has 6 heteroatoms. The van der Waals surface area contributed by atoms with E-state index < -0.39 is 0 Å². The Morgan fingerprint density at radius 3 is 2.77 bits per heavy atom. The molecule has 0 aliphatic carbocycles. The maximum Gasteiger partial charge on any atom is 0.272 e. The van der Waals surface area contributed by atoms with Crippen molar-refractivity contribution in [2.24, 2.45) is 0 Å². The first-order valence-electron chi connectivity index (χ1n) is 10.2. The highest BCUT2D eigenvalue weighted by atomic mass is 16.2. The quantitative estimate of drug-likeness (QED) is 0.881. The van der Waals surface area contributed by atoms with E-state index in [0.717, 1.165) is 63.5 Å². The Bertz CT molecular complexity index is 668. The molecule has 0 aromatic carbocycles. The number of anilines is 1. The smallest absolute Gasteiger partial charge is 0.272 e. The van der Waals surface area contributed by atoms with Crippen LogP contribution < -0.4 is 10.2 Å². The molecule has 4 rings (SSSR count). The van der Waals surface area contributed by atoms with Gasteiger partial charge in [-0.3, -0.25) is 4.79 Å². The average molecular weight is 358 g/mol. The second-order valence-corrected chi connectivity index (χ2v) is 8.35. The van der Waals surface area contributed by atoms with Gasteiger partial charge in [-0.2, -0.15) is 0 Å². The molecule has 1 amide bonds. The summed E-state index contributed by atoms with van der Waals surface area (Å²) in [5.74, 6) is 0.808. The van der Waals surface area contributed by atoms with Crippen molar-refractivity contribution in [1.82, 2.24) is 20.2 Å². The Balaban J connectivity index is 1.60. The summed E-state index contributed by atoms with van der Waals surface area (Å²) in [5.41, 5.74) is 1.49. The van der Waals surface area contributed by atoms with Gasteiger partial charge < -0.3 is 15.1 Å². The molecule has 2 atom stereocenters. The van der Waals surface area contributed by atoms with Gasteiger partial charge in [-0.1, -0.05) is 0 Å². The third-order valence-electron chi connectivity index (χ3n) is 6.35. The van der Waals surface area contributed by atoms with E-state index >= 15 is 0 Å². The van der Waals surface area contributed by atoms with Gasteiger partial charge in [0, 0.05) is 36.9 Å². The number of piperidine rings is 3. The summed E-state index contributed by atoms with van der Waals surface area (Å²) in [6.07, 6.45) is 8.04. The fourth-order valence-corrected chi connectivity index (χ4v) is 4.92. The number of hydrogen-bond donors (Lipinski definition) is 1. The van der Waals surface area contributed by atoms with E-state index in [-0.39, 0.29) is 17.5 Å². The third kappa shape index (κ3) is 3.31. The predicted octanol–water partition coefficient (Wildman–Crippen LogP) is 2.52. The molecule has 1 N–H and O–H groups in total. The van der Waals surface area contributed by atoms with Crippen molar-refractivity contribution in [2.45, 2.75) is 70.4 Å². The average Bonchev–Trinajstić information content (AvgIpc) is 2.66. The Labute approximate surface area is 156 Å². The minimum atomic E-state index is 0.0456. The molecule has 0 spiro atoms. The maximum atomic E-state index is 13.4. The first kappa shape index (κ1) is 17.7. The van der Waals surface area contributed by atoms with E-state index in [2.05, 4.69) is 27.0 Å². The SMILES string of the molecule is Cc1cc(C(=O)N2CCC[C@]3(C)NCCC[C@@H]23)nc(N2CCCCC2)n1. The molecular weight excluding hydrogens is 326 g/mol. The fourth-order valence-electron chi connectivity index (χ4n) is 4.92. The maximum absolute atomic E-state index is 13.4. The van der Waals surface area contributed by atoms with E-state index in [9.17, 15) is 4.79 Å². The molecule has 1 aromatic rings. The number of amides is 1. The van der Waals surface area contributed by atoms with Gasteiger partial charge >= 0.3 is 0 Å². The van der Waals surface area contributed by atoms with Crippen molar-refractivity contribution in [2.75, 3.05) is 31.1 Å². The number of hydrogen-bond acceptors (Lipinski definition) is 5. The number of aryl methyl sites for hydroxylation is 1. The minimum Gasteiger partial charge on any atom is -0.341 e. The van der Waals surface area contributed by atoms with E-state index in [1.54, 1.807) is 0 Å². The van der Waals surface area contributed by atoms with E-state index in [1.807, 2.05) is 13.0 Å². The molecule has 0 radical (unpaired) electrons. The molecule has 4 heterocycles. The van der Waals surface area contributed by atoms with Crippen LogP contribution in [0.2, 0.25) is 0 Å². The van der Waals surface area contributed by atoms with Gasteiger partial charge in [0.1, 0.15) is 5.69 Å². The molecule has 3 saturated heterocycles. The summed E-state index contributed by atoms with van der Waals surface area (Å²) in [6.45, 7) is 8.12. The van der Waals surface area contributed by atoms with Gasteiger partial charge in [0.15, 0.2) is 0 Å². The third-order valence-corrected chi connectivity index (χ3v) is 6.35. The van der Waals surface area contributed by atoms with Gasteiger partial charge in [0.05, 0.1) is 0 Å². The number of nitrogens with zero attached hydrogens (tertiary/aromatic N) is 4. The van der Waals surface area contributed by atoms with Crippen LogP contribution in [0.15, 0.2) is 6.07 Å². The number of aromatic nitrogens is 2. The zero-order chi connectivity index (χ0) is 18.1. The predicted molar refractivity (Wildman–Crippen MR) is 103 cm³/mol. The Morgan fingerprint density at radius 1 is 1.15 bits per heavy atom. The van der Waals surface area contributed by atoms with Crippen LogP contribution in [0.1, 0.15) is 68.1 Å². The fraction of sp³-hybridized carbons (Fsp3) is 0.750. The van der Waals surface area contributed by atoms with Crippen LogP contribution in [0.5, 0.6) is 0 Å². The lowest BCUT2D eigenvalue weighted by Crippen LogP contribution is -2.65. The molecule has 26 heavy (non-hydrogen) atoms. The molecule has 1 aromatic heterocycles. The number of likely N-dealkylation sites (tertiary alicyclic amines) is 1. The number of fused-ring (bicyclic) bond motifs is 1. The summed E-state index contributed by atoms with van der Waals surface area (Å²) in [7, 11) is 0. The number of carbonyl (C=O) groups excluding carboxylic acids is 1. The molecule has 0 saturated carbocycles. The molecule has 3 aliphatic heterocycles. The van der Waals surface area contributed by atoms with Crippen molar-refractivity contribution in [3.05, 3.63) is 17.5 Å². The van der Waals surface area contributed by atoms with Crippen LogP contribution >= 0.6 is 0 Å². The molecule has 3 aliphatic rings. The largest absolute Gasteiger partial charge is 0.341 e. The van der Waals surface area contributed by atoms with Gasteiger partial charge in [0.25, 0.3) is 5.91 Å². The highest BCUT2D eigenvalue weighted by Crippen LogP contribution is 2.34. The van der Waals surface area contributed by atoms with Crippen LogP contribution in [-0.4, -0.2) is 58.5 Å². The lowest BCUT2D eigenvalue weighted by Gasteiger charge is -2.51. The first-order valence-corrected chi connectivity index (χ1v) is 10.2. The lowest BCUT2D eigenvalue weighted by molar-refractivity contribution is 0.0248. The van der Waals surface area contributed by atoms with Crippen molar-refractivity contribution < 1.29 is 4.79 Å². The van der Waals surface area contributed by atoms with E-state index in [4.69, 9.17) is 4.98 Å². The van der Waals surface area contributed by atoms with E-state index in [0.29, 0.717) is 5.69 Å². The summed E-state index contributed by atoms with van der Waals surface area (Å²) in [6, 6.07) is 2.13. The Kier molecular flexibility index (Phi) is 4.86. The van der Waals surface area contributed by atoms with E-state index in [1.165, 1.54) is 19.3 Å². The second kappa shape index (κ2) is 7.14.